The number of benzene rings is 1. The maximum Gasteiger partial charge on any atom is 0.317 e. The predicted octanol–water partition coefficient (Wildman–Crippen LogP) is 4.28. The molecule has 1 saturated carbocycles. The highest BCUT2D eigenvalue weighted by Gasteiger charge is 2.19. The third-order valence-electron chi connectivity index (χ3n) is 4.70. The number of amides is 2. The van der Waals surface area contributed by atoms with Crippen molar-refractivity contribution in [3.05, 3.63) is 53.2 Å². The molecular weight excluding hydrogens is 378 g/mol. The summed E-state index contributed by atoms with van der Waals surface area (Å²) in [5.74, 6) is 1.30. The van der Waals surface area contributed by atoms with E-state index in [9.17, 15) is 4.79 Å². The third-order valence-corrected chi connectivity index (χ3v) is 4.93. The lowest BCUT2D eigenvalue weighted by Gasteiger charge is -2.19. The number of hydrogen-bond acceptors (Lipinski definition) is 4. The number of hydrogen-bond donors (Lipinski definition) is 1. The number of likely N-dealkylation sites (N-methyl/N-ethyl adjacent to an activating group) is 1. The van der Waals surface area contributed by atoms with Gasteiger partial charge in [0, 0.05) is 30.4 Å². The minimum atomic E-state index is -0.176. The summed E-state index contributed by atoms with van der Waals surface area (Å²) >= 11 is 5.93. The number of aromatic nitrogens is 1. The molecule has 0 spiro atoms. The Kier molecular flexibility index (Phi) is 7.37. The number of nitrogens with zero attached hydrogens (tertiary/aromatic N) is 2. The molecule has 0 atom stereocenters. The first-order chi connectivity index (χ1) is 13.6. The number of rotatable bonds is 8. The average Bonchev–Trinajstić information content (AvgIpc) is 3.20. The van der Waals surface area contributed by atoms with Crippen molar-refractivity contribution < 1.29 is 14.3 Å². The molecule has 150 valence electrons. The van der Waals surface area contributed by atoms with Crippen LogP contribution in [0.4, 0.5) is 4.79 Å². The second-order valence-corrected chi connectivity index (χ2v) is 7.31. The van der Waals surface area contributed by atoms with Gasteiger partial charge in [0.05, 0.1) is 6.54 Å². The van der Waals surface area contributed by atoms with Gasteiger partial charge in [0.25, 0.3) is 0 Å². The van der Waals surface area contributed by atoms with Crippen LogP contribution in [0.2, 0.25) is 5.02 Å². The van der Waals surface area contributed by atoms with Crippen LogP contribution in [0.15, 0.2) is 42.6 Å². The fourth-order valence-corrected chi connectivity index (χ4v) is 3.27. The number of nitrogens with one attached hydrogen (secondary N) is 1. The van der Waals surface area contributed by atoms with Crippen molar-refractivity contribution in [3.63, 3.8) is 0 Å². The lowest BCUT2D eigenvalue weighted by atomic mass is 10.2. The molecule has 1 aromatic carbocycles. The van der Waals surface area contributed by atoms with Gasteiger partial charge in [-0.1, -0.05) is 23.7 Å². The SMILES string of the molecule is CN(CCOc1cccc(Cl)c1)C(=O)NCc1cccnc1OC1CCCC1. The van der Waals surface area contributed by atoms with Crippen molar-refractivity contribution in [2.24, 2.45) is 0 Å². The number of carbonyl (C=O) groups is 1. The second kappa shape index (κ2) is 10.2. The number of urea groups is 1. The predicted molar refractivity (Wildman–Crippen MR) is 109 cm³/mol. The summed E-state index contributed by atoms with van der Waals surface area (Å²) in [6.45, 7) is 1.21. The lowest BCUT2D eigenvalue weighted by Crippen LogP contribution is -2.39. The van der Waals surface area contributed by atoms with Crippen LogP contribution >= 0.6 is 11.6 Å². The van der Waals surface area contributed by atoms with E-state index >= 15 is 0 Å². The fourth-order valence-electron chi connectivity index (χ4n) is 3.09. The van der Waals surface area contributed by atoms with Crippen molar-refractivity contribution >= 4 is 17.6 Å². The number of ether oxygens (including phenoxy) is 2. The van der Waals surface area contributed by atoms with Crippen LogP contribution in [0.25, 0.3) is 0 Å². The first kappa shape index (κ1) is 20.3. The molecular formula is C21H26ClN3O3. The number of halogens is 1. The molecule has 2 aromatic rings. The van der Waals surface area contributed by atoms with Crippen LogP contribution in [-0.4, -0.2) is 42.2 Å². The van der Waals surface area contributed by atoms with E-state index in [1.165, 1.54) is 12.8 Å². The molecule has 28 heavy (non-hydrogen) atoms. The highest BCUT2D eigenvalue weighted by atomic mass is 35.5. The highest BCUT2D eigenvalue weighted by Crippen LogP contribution is 2.25. The van der Waals surface area contributed by atoms with E-state index in [-0.39, 0.29) is 12.1 Å². The summed E-state index contributed by atoms with van der Waals surface area (Å²) in [5.41, 5.74) is 0.881. The van der Waals surface area contributed by atoms with Crippen LogP contribution in [-0.2, 0) is 6.54 Å². The van der Waals surface area contributed by atoms with Crippen LogP contribution in [0.1, 0.15) is 31.2 Å². The Bertz CT molecular complexity index is 781. The van der Waals surface area contributed by atoms with E-state index < -0.39 is 0 Å². The molecule has 1 fully saturated rings. The summed E-state index contributed by atoms with van der Waals surface area (Å²) in [4.78, 5) is 18.3. The maximum atomic E-state index is 12.3. The number of pyridine rings is 1. The molecule has 0 radical (unpaired) electrons. The summed E-state index contributed by atoms with van der Waals surface area (Å²) in [6.07, 6.45) is 6.48. The first-order valence-corrected chi connectivity index (χ1v) is 9.97. The van der Waals surface area contributed by atoms with Crippen LogP contribution in [0.5, 0.6) is 11.6 Å². The van der Waals surface area contributed by atoms with E-state index in [1.54, 1.807) is 30.3 Å². The zero-order valence-electron chi connectivity index (χ0n) is 16.1. The Morgan fingerprint density at radius 3 is 2.89 bits per heavy atom. The van der Waals surface area contributed by atoms with Crippen molar-refractivity contribution in [2.75, 3.05) is 20.2 Å². The van der Waals surface area contributed by atoms with Crippen molar-refractivity contribution in [1.82, 2.24) is 15.2 Å². The smallest absolute Gasteiger partial charge is 0.317 e. The van der Waals surface area contributed by atoms with E-state index in [2.05, 4.69) is 10.3 Å². The van der Waals surface area contributed by atoms with Gasteiger partial charge in [0.2, 0.25) is 5.88 Å². The summed E-state index contributed by atoms with van der Waals surface area (Å²) in [5, 5.41) is 3.53. The third kappa shape index (κ3) is 6.02. The lowest BCUT2D eigenvalue weighted by molar-refractivity contribution is 0.192. The zero-order chi connectivity index (χ0) is 19.8. The molecule has 1 N–H and O–H groups in total. The molecule has 0 bridgehead atoms. The van der Waals surface area contributed by atoms with E-state index in [1.807, 2.05) is 24.3 Å². The summed E-state index contributed by atoms with van der Waals surface area (Å²) in [6, 6.07) is 10.8. The van der Waals surface area contributed by atoms with Gasteiger partial charge in [-0.25, -0.2) is 9.78 Å². The van der Waals surface area contributed by atoms with Crippen molar-refractivity contribution in [1.29, 1.82) is 0 Å². The Morgan fingerprint density at radius 1 is 1.29 bits per heavy atom. The minimum absolute atomic E-state index is 0.176. The Morgan fingerprint density at radius 2 is 2.11 bits per heavy atom. The molecule has 2 amide bonds. The topological polar surface area (TPSA) is 63.7 Å². The molecule has 0 unspecified atom stereocenters. The zero-order valence-corrected chi connectivity index (χ0v) is 16.8. The van der Waals surface area contributed by atoms with Gasteiger partial charge in [-0.15, -0.1) is 0 Å². The van der Waals surface area contributed by atoms with Crippen LogP contribution in [0, 0.1) is 0 Å². The van der Waals surface area contributed by atoms with E-state index in [0.29, 0.717) is 36.3 Å². The molecule has 7 heteroatoms. The standard InChI is InChI=1S/C21H26ClN3O3/c1-25(12-13-27-19-10-4-7-17(22)14-19)21(26)24-15-16-6-5-11-23-20(16)28-18-8-2-3-9-18/h4-7,10-11,14,18H,2-3,8-9,12-13,15H2,1H3,(H,24,26). The Hall–Kier alpha value is -2.47. The molecule has 6 nitrogen and oxygen atoms in total. The molecule has 1 heterocycles. The average molecular weight is 404 g/mol. The molecule has 0 aliphatic heterocycles. The molecule has 0 saturated heterocycles. The highest BCUT2D eigenvalue weighted by molar-refractivity contribution is 6.30. The van der Waals surface area contributed by atoms with E-state index in [0.717, 1.165) is 18.4 Å². The Labute approximate surface area is 170 Å². The molecule has 3 rings (SSSR count). The largest absolute Gasteiger partial charge is 0.492 e. The van der Waals surface area contributed by atoms with Gasteiger partial charge in [-0.05, 0) is 49.9 Å². The fraction of sp³-hybridized carbons (Fsp3) is 0.429. The monoisotopic (exact) mass is 403 g/mol. The summed E-state index contributed by atoms with van der Waals surface area (Å²) in [7, 11) is 1.73. The van der Waals surface area contributed by atoms with Crippen molar-refractivity contribution in [3.8, 4) is 11.6 Å². The molecule has 1 aromatic heterocycles. The van der Waals surface area contributed by atoms with Gasteiger partial charge in [0.1, 0.15) is 18.5 Å². The van der Waals surface area contributed by atoms with Gasteiger partial charge >= 0.3 is 6.03 Å². The number of carbonyl (C=O) groups excluding carboxylic acids is 1. The van der Waals surface area contributed by atoms with E-state index in [4.69, 9.17) is 21.1 Å². The van der Waals surface area contributed by atoms with Gasteiger partial charge in [0.15, 0.2) is 0 Å². The Balaban J connectivity index is 1.44. The molecule has 1 aliphatic rings. The van der Waals surface area contributed by atoms with Gasteiger partial charge in [-0.2, -0.15) is 0 Å². The first-order valence-electron chi connectivity index (χ1n) is 9.59. The summed E-state index contributed by atoms with van der Waals surface area (Å²) < 4.78 is 11.6. The normalized spacial score (nSPS) is 13.9. The van der Waals surface area contributed by atoms with Crippen LogP contribution in [0.3, 0.4) is 0 Å². The van der Waals surface area contributed by atoms with Gasteiger partial charge in [-0.3, -0.25) is 0 Å². The quantitative estimate of drug-likeness (QED) is 0.714. The minimum Gasteiger partial charge on any atom is -0.492 e. The second-order valence-electron chi connectivity index (χ2n) is 6.88. The maximum absolute atomic E-state index is 12.3. The molecule has 1 aliphatic carbocycles. The van der Waals surface area contributed by atoms with Gasteiger partial charge < -0.3 is 19.7 Å². The van der Waals surface area contributed by atoms with Crippen LogP contribution < -0.4 is 14.8 Å². The van der Waals surface area contributed by atoms with Crippen molar-refractivity contribution in [2.45, 2.75) is 38.3 Å².